The third kappa shape index (κ3) is 4.34. The summed E-state index contributed by atoms with van der Waals surface area (Å²) in [4.78, 5) is 27.3. The van der Waals surface area contributed by atoms with Crippen LogP contribution in [0.3, 0.4) is 0 Å². The quantitative estimate of drug-likeness (QED) is 0.552. The van der Waals surface area contributed by atoms with E-state index in [0.717, 1.165) is 17.0 Å². The van der Waals surface area contributed by atoms with Crippen LogP contribution in [0.5, 0.6) is 11.5 Å². The van der Waals surface area contributed by atoms with E-state index >= 15 is 0 Å². The first-order valence-electron chi connectivity index (χ1n) is 10.4. The topological polar surface area (TPSA) is 89.5 Å². The van der Waals surface area contributed by atoms with Gasteiger partial charge in [-0.15, -0.1) is 0 Å². The van der Waals surface area contributed by atoms with Crippen molar-refractivity contribution in [2.45, 2.75) is 12.5 Å². The molecule has 1 aliphatic rings. The van der Waals surface area contributed by atoms with Crippen molar-refractivity contribution in [2.24, 2.45) is 12.1 Å². The average Bonchev–Trinajstić information content (AvgIpc) is 3.58. The van der Waals surface area contributed by atoms with Gasteiger partial charge >= 0.3 is 0 Å². The van der Waals surface area contributed by atoms with Crippen LogP contribution in [0.1, 0.15) is 34.3 Å². The highest BCUT2D eigenvalue weighted by molar-refractivity contribution is 6.02. The molecule has 3 heterocycles. The lowest BCUT2D eigenvalue weighted by Crippen LogP contribution is -2.39. The third-order valence-corrected chi connectivity index (χ3v) is 5.65. The molecule has 2 amide bonds. The fraction of sp³-hybridized carbons (Fsp3) is 0.292. The molecule has 0 unspecified atom stereocenters. The number of rotatable bonds is 7. The Labute approximate surface area is 191 Å². The third-order valence-electron chi connectivity index (χ3n) is 5.65. The van der Waals surface area contributed by atoms with Crippen molar-refractivity contribution in [1.82, 2.24) is 14.5 Å². The van der Waals surface area contributed by atoms with Crippen molar-refractivity contribution in [3.63, 3.8) is 0 Å². The predicted molar refractivity (Wildman–Crippen MR) is 121 cm³/mol. The normalized spacial score (nSPS) is 15.3. The molecule has 0 radical (unpaired) electrons. The molecule has 0 saturated carbocycles. The summed E-state index contributed by atoms with van der Waals surface area (Å²) in [6, 6.07) is 12.1. The maximum Gasteiger partial charge on any atom is 0.289 e. The Hall–Kier alpha value is -4.01. The highest BCUT2D eigenvalue weighted by atomic mass is 16.5. The molecule has 172 valence electrons. The Morgan fingerprint density at radius 2 is 2.00 bits per heavy atom. The summed E-state index contributed by atoms with van der Waals surface area (Å²) in [5, 5.41) is 6.11. The molecule has 33 heavy (non-hydrogen) atoms. The molecule has 0 saturated heterocycles. The molecule has 0 aliphatic carbocycles. The Morgan fingerprint density at radius 3 is 2.64 bits per heavy atom. The fourth-order valence-corrected chi connectivity index (χ4v) is 3.93. The Balaban J connectivity index is 1.67. The van der Waals surface area contributed by atoms with E-state index in [9.17, 15) is 9.59 Å². The zero-order valence-corrected chi connectivity index (χ0v) is 19.0. The van der Waals surface area contributed by atoms with Crippen LogP contribution < -0.4 is 9.47 Å². The molecular weight excluding hydrogens is 424 g/mol. The number of hydrogen-bond acceptors (Lipinski definition) is 6. The monoisotopic (exact) mass is 450 g/mol. The molecule has 9 heteroatoms. The van der Waals surface area contributed by atoms with Gasteiger partial charge in [-0.25, -0.2) is 5.01 Å². The summed E-state index contributed by atoms with van der Waals surface area (Å²) >= 11 is 0. The summed E-state index contributed by atoms with van der Waals surface area (Å²) in [7, 11) is 6.66. The molecule has 2 aromatic heterocycles. The van der Waals surface area contributed by atoms with Crippen molar-refractivity contribution in [2.75, 3.05) is 27.8 Å². The van der Waals surface area contributed by atoms with Gasteiger partial charge in [0, 0.05) is 32.3 Å². The number of aromatic nitrogens is 1. The number of methoxy groups -OCH3 is 2. The van der Waals surface area contributed by atoms with E-state index in [2.05, 4.69) is 5.10 Å². The van der Waals surface area contributed by atoms with E-state index < -0.39 is 6.04 Å². The van der Waals surface area contributed by atoms with Crippen LogP contribution >= 0.6 is 0 Å². The van der Waals surface area contributed by atoms with Crippen LogP contribution in [-0.2, 0) is 11.8 Å². The molecule has 0 bridgehead atoms. The second-order valence-corrected chi connectivity index (χ2v) is 7.76. The number of nitrogens with zero attached hydrogens (tertiary/aromatic N) is 4. The number of hydrazone groups is 1. The maximum absolute atomic E-state index is 13.4. The number of aryl methyl sites for hydroxylation is 1. The van der Waals surface area contributed by atoms with Gasteiger partial charge in [0.25, 0.3) is 11.8 Å². The molecule has 1 atom stereocenters. The minimum Gasteiger partial charge on any atom is -0.497 e. The summed E-state index contributed by atoms with van der Waals surface area (Å²) in [6.07, 6.45) is 3.84. The van der Waals surface area contributed by atoms with Gasteiger partial charge in [0.15, 0.2) is 5.76 Å². The van der Waals surface area contributed by atoms with Gasteiger partial charge in [0.05, 0.1) is 37.9 Å². The van der Waals surface area contributed by atoms with Gasteiger partial charge in [-0.1, -0.05) is 0 Å². The number of carbonyl (C=O) groups excluding carboxylic acids is 2. The van der Waals surface area contributed by atoms with Crippen molar-refractivity contribution in [3.8, 4) is 11.5 Å². The van der Waals surface area contributed by atoms with E-state index in [1.54, 1.807) is 39.5 Å². The molecule has 0 spiro atoms. The van der Waals surface area contributed by atoms with Gasteiger partial charge in [0.1, 0.15) is 18.0 Å². The highest BCUT2D eigenvalue weighted by Gasteiger charge is 2.36. The number of carbonyl (C=O) groups is 2. The van der Waals surface area contributed by atoms with Crippen LogP contribution in [0, 0.1) is 0 Å². The predicted octanol–water partition coefficient (Wildman–Crippen LogP) is 3.09. The van der Waals surface area contributed by atoms with Crippen LogP contribution in [0.15, 0.2) is 64.4 Å². The zero-order chi connectivity index (χ0) is 23.5. The molecule has 0 fully saturated rings. The first-order valence-corrected chi connectivity index (χ1v) is 10.4. The van der Waals surface area contributed by atoms with Gasteiger partial charge in [-0.2, -0.15) is 5.10 Å². The fourth-order valence-electron chi connectivity index (χ4n) is 3.93. The second kappa shape index (κ2) is 9.23. The number of amides is 2. The zero-order valence-electron chi connectivity index (χ0n) is 19.0. The maximum atomic E-state index is 13.4. The average molecular weight is 450 g/mol. The van der Waals surface area contributed by atoms with Crippen LogP contribution in [0.25, 0.3) is 0 Å². The SMILES string of the molecule is COc1ccc(OC)c([C@H]2CC(c3cccn3C)=NN2C(=O)CN(C)C(=O)c2ccco2)c1. The molecule has 4 rings (SSSR count). The number of ether oxygens (including phenoxy) is 2. The van der Waals surface area contributed by atoms with E-state index in [0.29, 0.717) is 17.9 Å². The van der Waals surface area contributed by atoms with E-state index in [1.165, 1.54) is 16.2 Å². The number of hydrogen-bond donors (Lipinski definition) is 0. The van der Waals surface area contributed by atoms with Gasteiger partial charge in [-0.3, -0.25) is 9.59 Å². The molecule has 3 aromatic rings. The minimum atomic E-state index is -0.417. The largest absolute Gasteiger partial charge is 0.497 e. The number of furan rings is 1. The Kier molecular flexibility index (Phi) is 6.21. The number of benzene rings is 1. The van der Waals surface area contributed by atoms with E-state index in [4.69, 9.17) is 13.9 Å². The first-order chi connectivity index (χ1) is 15.9. The van der Waals surface area contributed by atoms with Crippen molar-refractivity contribution < 1.29 is 23.5 Å². The van der Waals surface area contributed by atoms with Crippen molar-refractivity contribution in [3.05, 3.63) is 71.9 Å². The van der Waals surface area contributed by atoms with E-state index in [-0.39, 0.29) is 24.1 Å². The lowest BCUT2D eigenvalue weighted by molar-refractivity contribution is -0.133. The van der Waals surface area contributed by atoms with Crippen LogP contribution in [-0.4, -0.2) is 59.8 Å². The molecular formula is C24H26N4O5. The minimum absolute atomic E-state index is 0.160. The summed E-state index contributed by atoms with van der Waals surface area (Å²) in [5.74, 6) is 0.745. The summed E-state index contributed by atoms with van der Waals surface area (Å²) < 4.78 is 18.1. The summed E-state index contributed by atoms with van der Waals surface area (Å²) in [5.41, 5.74) is 2.46. The van der Waals surface area contributed by atoms with Crippen molar-refractivity contribution in [1.29, 1.82) is 0 Å². The van der Waals surface area contributed by atoms with Crippen LogP contribution in [0.2, 0.25) is 0 Å². The second-order valence-electron chi connectivity index (χ2n) is 7.76. The highest BCUT2D eigenvalue weighted by Crippen LogP contribution is 2.39. The lowest BCUT2D eigenvalue weighted by Gasteiger charge is -2.26. The van der Waals surface area contributed by atoms with Crippen LogP contribution in [0.4, 0.5) is 0 Å². The van der Waals surface area contributed by atoms with Gasteiger partial charge in [-0.05, 0) is 42.5 Å². The standard InChI is InChI=1S/C24H26N4O5/c1-26-11-5-7-19(26)18-14-20(17-13-16(31-3)9-10-21(17)32-4)28(25-18)23(29)15-27(2)24(30)22-8-6-12-33-22/h5-13,20H,14-15H2,1-4H3/t20-/m1/s1. The smallest absolute Gasteiger partial charge is 0.289 e. The van der Waals surface area contributed by atoms with Crippen molar-refractivity contribution >= 4 is 17.5 Å². The molecule has 1 aromatic carbocycles. The van der Waals surface area contributed by atoms with E-state index in [1.807, 2.05) is 42.1 Å². The first kappa shape index (κ1) is 22.2. The van der Waals surface area contributed by atoms with Gasteiger partial charge < -0.3 is 23.4 Å². The molecule has 0 N–H and O–H groups in total. The lowest BCUT2D eigenvalue weighted by atomic mass is 9.99. The molecule has 1 aliphatic heterocycles. The Bertz CT molecular complexity index is 1180. The number of likely N-dealkylation sites (N-methyl/N-ethyl adjacent to an activating group) is 1. The Morgan fingerprint density at radius 1 is 1.18 bits per heavy atom. The summed E-state index contributed by atoms with van der Waals surface area (Å²) in [6.45, 7) is -0.160. The van der Waals surface area contributed by atoms with Gasteiger partial charge in [0.2, 0.25) is 0 Å². The molecule has 9 nitrogen and oxygen atoms in total.